The van der Waals surface area contributed by atoms with Crippen molar-refractivity contribution in [2.45, 2.75) is 195 Å². The van der Waals surface area contributed by atoms with Gasteiger partial charge in [-0.2, -0.15) is 9.78 Å². The molecule has 0 aromatic carbocycles. The van der Waals surface area contributed by atoms with Crippen molar-refractivity contribution < 1.29 is 0 Å². The number of unbranched alkanes of at least 4 members (excludes halogenated alkanes) is 4. The van der Waals surface area contributed by atoms with Gasteiger partial charge in [-0.15, -0.1) is 0 Å². The Morgan fingerprint density at radius 3 is 1.26 bits per heavy atom. The average molecular weight is 609 g/mol. The van der Waals surface area contributed by atoms with E-state index in [1.165, 1.54) is 75.5 Å². The summed E-state index contributed by atoms with van der Waals surface area (Å²) < 4.78 is 1.73. The van der Waals surface area contributed by atoms with Gasteiger partial charge in [0.15, 0.2) is 0 Å². The first-order chi connectivity index (χ1) is 20.1. The van der Waals surface area contributed by atoms with Crippen LogP contribution in [-0.4, -0.2) is 9.78 Å². The lowest BCUT2D eigenvalue weighted by molar-refractivity contribution is 0.135. The molecule has 0 spiro atoms. The first-order valence-corrected chi connectivity index (χ1v) is 19.1. The lowest BCUT2D eigenvalue weighted by Crippen LogP contribution is -2.51. The van der Waals surface area contributed by atoms with Crippen LogP contribution in [0.25, 0.3) is 0 Å². The molecular formula is C36H72N4OS. The molecule has 6 heteroatoms. The van der Waals surface area contributed by atoms with E-state index >= 15 is 0 Å². The fourth-order valence-corrected chi connectivity index (χ4v) is 8.05. The normalized spacial score (nSPS) is 17.9. The van der Waals surface area contributed by atoms with E-state index in [1.807, 2.05) is 0 Å². The molecule has 0 aliphatic carbocycles. The molecule has 1 aromatic rings. The average Bonchev–Trinajstić information content (AvgIpc) is 3.40. The highest BCUT2D eigenvalue weighted by molar-refractivity contribution is 7.09. The van der Waals surface area contributed by atoms with Crippen LogP contribution >= 0.6 is 11.3 Å². The van der Waals surface area contributed by atoms with E-state index in [4.69, 9.17) is 16.6 Å². The monoisotopic (exact) mass is 609 g/mol. The third-order valence-corrected chi connectivity index (χ3v) is 11.2. The summed E-state index contributed by atoms with van der Waals surface area (Å²) >= 11 is 1.30. The topological polar surface area (TPSA) is 86.9 Å². The van der Waals surface area contributed by atoms with Crippen LogP contribution in [0.4, 0.5) is 0 Å². The zero-order valence-corrected chi connectivity index (χ0v) is 30.1. The predicted octanol–water partition coefficient (Wildman–Crippen LogP) is 10.5. The van der Waals surface area contributed by atoms with Crippen molar-refractivity contribution in [3.8, 4) is 0 Å². The van der Waals surface area contributed by atoms with E-state index in [1.54, 1.807) is 4.68 Å². The molecule has 1 heterocycles. The Morgan fingerprint density at radius 1 is 0.619 bits per heavy atom. The number of aromatic nitrogens is 2. The molecule has 42 heavy (non-hydrogen) atoms. The van der Waals surface area contributed by atoms with Crippen molar-refractivity contribution in [3.05, 3.63) is 14.7 Å². The van der Waals surface area contributed by atoms with Gasteiger partial charge in [-0.25, -0.2) is 0 Å². The first kappa shape index (κ1) is 39.3. The second-order valence-electron chi connectivity index (χ2n) is 13.8. The minimum Gasteiger partial charge on any atom is -0.319 e. The second kappa shape index (κ2) is 21.1. The van der Waals surface area contributed by atoms with E-state index in [-0.39, 0.29) is 4.87 Å². The minimum atomic E-state index is -0.770. The quantitative estimate of drug-likeness (QED) is 0.109. The van der Waals surface area contributed by atoms with Crippen molar-refractivity contribution >= 4 is 11.3 Å². The zero-order chi connectivity index (χ0) is 31.6. The first-order valence-electron chi connectivity index (χ1n) is 18.3. The molecule has 0 aliphatic rings. The number of nitrogens with two attached hydrogens (primary N) is 2. The maximum atomic E-state index is 13.9. The van der Waals surface area contributed by atoms with Crippen molar-refractivity contribution in [1.82, 2.24) is 9.78 Å². The van der Waals surface area contributed by atoms with Crippen LogP contribution < -0.4 is 16.3 Å². The zero-order valence-electron chi connectivity index (χ0n) is 29.3. The highest BCUT2D eigenvalue weighted by Crippen LogP contribution is 2.39. The molecule has 0 bridgehead atoms. The fourth-order valence-electron chi connectivity index (χ4n) is 7.08. The Balaban J connectivity index is 3.62. The molecule has 4 unspecified atom stereocenters. The number of hydrogen-bond donors (Lipinski definition) is 2. The van der Waals surface area contributed by atoms with Gasteiger partial charge < -0.3 is 11.5 Å². The number of nitrogens with zero attached hydrogens (tertiary/aromatic N) is 2. The van der Waals surface area contributed by atoms with Crippen molar-refractivity contribution in [2.75, 3.05) is 0 Å². The number of hydrogen-bond acceptors (Lipinski definition) is 5. The molecule has 1 aromatic heterocycles. The van der Waals surface area contributed by atoms with Gasteiger partial charge in [-0.05, 0) is 49.4 Å². The molecule has 4 atom stereocenters. The summed E-state index contributed by atoms with van der Waals surface area (Å²) in [5, 5.41) is 6.03. The van der Waals surface area contributed by atoms with Crippen LogP contribution in [0.2, 0.25) is 0 Å². The lowest BCUT2D eigenvalue weighted by atomic mass is 9.77. The molecule has 0 saturated heterocycles. The van der Waals surface area contributed by atoms with Gasteiger partial charge in [0.2, 0.25) is 0 Å². The molecule has 5 nitrogen and oxygen atoms in total. The van der Waals surface area contributed by atoms with Crippen LogP contribution in [0.5, 0.6) is 0 Å². The van der Waals surface area contributed by atoms with Crippen molar-refractivity contribution in [2.24, 2.45) is 35.1 Å². The van der Waals surface area contributed by atoms with Crippen LogP contribution in [0.15, 0.2) is 4.79 Å². The van der Waals surface area contributed by atoms with Crippen LogP contribution in [-0.2, 0) is 11.2 Å². The van der Waals surface area contributed by atoms with Crippen LogP contribution in [0, 0.1) is 23.7 Å². The summed E-state index contributed by atoms with van der Waals surface area (Å²) in [6.07, 6.45) is 22.2. The van der Waals surface area contributed by atoms with Gasteiger partial charge >= 0.3 is 4.87 Å². The van der Waals surface area contributed by atoms with Gasteiger partial charge in [0.25, 0.3) is 0 Å². The molecule has 0 amide bonds. The van der Waals surface area contributed by atoms with Gasteiger partial charge in [-0.1, -0.05) is 169 Å². The maximum absolute atomic E-state index is 13.9. The highest BCUT2D eigenvalue weighted by Gasteiger charge is 2.40. The Morgan fingerprint density at radius 2 is 0.952 bits per heavy atom. The summed E-state index contributed by atoms with van der Waals surface area (Å²) in [6.45, 7) is 18.2. The SMILES string of the molecule is CCCCC(CC)CC(N)(CC(CC)CCCC)c1nn(C(N)(CC(CC)CCCC)CC(CC)CCCC)c(=O)s1. The Bertz CT molecular complexity index is 829. The molecule has 0 radical (unpaired) electrons. The van der Waals surface area contributed by atoms with E-state index < -0.39 is 11.2 Å². The standard InChI is InChI=1S/C36H72N4OS/c1-9-17-21-29(13-5)25-35(37,26-30(14-6)22-18-10-2)33-39-40(34(41)42-33)36(38,27-31(15-7)23-19-11-3)28-32(16-8)24-20-12-4/h29-32H,9-28,37-38H2,1-8H3. The van der Waals surface area contributed by atoms with Crippen LogP contribution in [0.3, 0.4) is 0 Å². The maximum Gasteiger partial charge on any atom is 0.326 e. The van der Waals surface area contributed by atoms with Gasteiger partial charge in [0.05, 0.1) is 5.54 Å². The summed E-state index contributed by atoms with van der Waals surface area (Å²) in [4.78, 5) is 13.9. The van der Waals surface area contributed by atoms with Crippen molar-refractivity contribution in [1.29, 1.82) is 0 Å². The van der Waals surface area contributed by atoms with Crippen LogP contribution in [0.1, 0.15) is 189 Å². The Hall–Kier alpha value is -0.720. The molecule has 0 aliphatic heterocycles. The number of rotatable bonds is 26. The van der Waals surface area contributed by atoms with Crippen molar-refractivity contribution in [3.63, 3.8) is 0 Å². The Kier molecular flexibility index (Phi) is 19.7. The second-order valence-corrected chi connectivity index (χ2v) is 14.8. The summed E-state index contributed by atoms with van der Waals surface area (Å²) in [5.74, 6) is 2.09. The third kappa shape index (κ3) is 12.7. The Labute approximate surface area is 265 Å². The third-order valence-electron chi connectivity index (χ3n) is 10.2. The van der Waals surface area contributed by atoms with Gasteiger partial charge in [0.1, 0.15) is 10.7 Å². The molecular weight excluding hydrogens is 536 g/mol. The predicted molar refractivity (Wildman–Crippen MR) is 186 cm³/mol. The van der Waals surface area contributed by atoms with Gasteiger partial charge in [-0.3, -0.25) is 4.79 Å². The van der Waals surface area contributed by atoms with E-state index in [9.17, 15) is 4.79 Å². The highest BCUT2D eigenvalue weighted by atomic mass is 32.1. The van der Waals surface area contributed by atoms with E-state index in [0.717, 1.165) is 69.2 Å². The summed E-state index contributed by atoms with van der Waals surface area (Å²) in [6, 6.07) is 0. The summed E-state index contributed by atoms with van der Waals surface area (Å²) in [7, 11) is 0. The molecule has 248 valence electrons. The van der Waals surface area contributed by atoms with Gasteiger partial charge in [0, 0.05) is 0 Å². The van der Waals surface area contributed by atoms with E-state index in [0.29, 0.717) is 23.7 Å². The largest absolute Gasteiger partial charge is 0.326 e. The fraction of sp³-hybridized carbons (Fsp3) is 0.944. The molecule has 1 rings (SSSR count). The van der Waals surface area contributed by atoms with E-state index in [2.05, 4.69) is 55.4 Å². The summed E-state index contributed by atoms with van der Waals surface area (Å²) in [5.41, 5.74) is 13.6. The smallest absolute Gasteiger partial charge is 0.319 e. The lowest BCUT2D eigenvalue weighted by Gasteiger charge is -2.36. The molecule has 0 saturated carbocycles. The minimum absolute atomic E-state index is 0.0128. The molecule has 4 N–H and O–H groups in total. The molecule has 0 fully saturated rings.